The van der Waals surface area contributed by atoms with Gasteiger partial charge in [-0.15, -0.1) is 0 Å². The van der Waals surface area contributed by atoms with Crippen molar-refractivity contribution in [3.8, 4) is 0 Å². The van der Waals surface area contributed by atoms with Gasteiger partial charge in [0.2, 0.25) is 0 Å². The zero-order chi connectivity index (χ0) is 17.9. The molecule has 0 saturated carbocycles. The quantitative estimate of drug-likeness (QED) is 0.714. The van der Waals surface area contributed by atoms with Crippen LogP contribution in [0, 0.1) is 5.82 Å². The highest BCUT2D eigenvalue weighted by Crippen LogP contribution is 2.23. The number of fused-ring (bicyclic) bond motifs is 1. The minimum atomic E-state index is -0.288. The smallest absolute Gasteiger partial charge is 0.272 e. The summed E-state index contributed by atoms with van der Waals surface area (Å²) < 4.78 is 14.2. The van der Waals surface area contributed by atoms with Crippen molar-refractivity contribution in [2.75, 3.05) is 26.2 Å². The molecule has 6 nitrogen and oxygen atoms in total. The Morgan fingerprint density at radius 1 is 1.27 bits per heavy atom. The van der Waals surface area contributed by atoms with E-state index in [-0.39, 0.29) is 11.7 Å². The molecule has 2 N–H and O–H groups in total. The highest BCUT2D eigenvalue weighted by Gasteiger charge is 2.21. The standard InChI is InChI=1S/C19H22FN5O/c20-15-12-21-16-5-3-4-14(18(15)16)13-25(11-10-24-8-1-2-9-24)19(26)17-6-7-22-23-17/h3-7,12,21H,1-2,8-11,13H2,(H,22,23). The van der Waals surface area contributed by atoms with Crippen molar-refractivity contribution in [3.63, 3.8) is 0 Å². The molecule has 3 aromatic rings. The highest BCUT2D eigenvalue weighted by molar-refractivity contribution is 5.92. The molecule has 0 aliphatic carbocycles. The van der Waals surface area contributed by atoms with Gasteiger partial charge in [-0.05, 0) is 43.6 Å². The van der Waals surface area contributed by atoms with Crippen molar-refractivity contribution in [2.24, 2.45) is 0 Å². The Hall–Kier alpha value is -2.67. The lowest BCUT2D eigenvalue weighted by Crippen LogP contribution is -2.37. The van der Waals surface area contributed by atoms with E-state index in [1.165, 1.54) is 19.0 Å². The first-order valence-corrected chi connectivity index (χ1v) is 8.98. The molecule has 0 radical (unpaired) electrons. The molecule has 0 bridgehead atoms. The molecule has 0 spiro atoms. The third-order valence-electron chi connectivity index (χ3n) is 5.01. The van der Waals surface area contributed by atoms with E-state index in [2.05, 4.69) is 20.1 Å². The highest BCUT2D eigenvalue weighted by atomic mass is 19.1. The maximum absolute atomic E-state index is 14.2. The van der Waals surface area contributed by atoms with E-state index in [0.29, 0.717) is 24.2 Å². The fourth-order valence-corrected chi connectivity index (χ4v) is 3.62. The molecular formula is C19H22FN5O. The Morgan fingerprint density at radius 3 is 2.88 bits per heavy atom. The van der Waals surface area contributed by atoms with Crippen molar-refractivity contribution in [1.82, 2.24) is 25.0 Å². The van der Waals surface area contributed by atoms with Gasteiger partial charge in [-0.3, -0.25) is 9.89 Å². The number of nitrogens with zero attached hydrogens (tertiary/aromatic N) is 3. The number of halogens is 1. The molecule has 3 heterocycles. The molecular weight excluding hydrogens is 333 g/mol. The van der Waals surface area contributed by atoms with Gasteiger partial charge in [-0.1, -0.05) is 12.1 Å². The summed E-state index contributed by atoms with van der Waals surface area (Å²) in [5.74, 6) is -0.404. The van der Waals surface area contributed by atoms with Gasteiger partial charge in [-0.2, -0.15) is 5.10 Å². The first kappa shape index (κ1) is 16.8. The summed E-state index contributed by atoms with van der Waals surface area (Å²) in [4.78, 5) is 20.0. The number of nitrogens with one attached hydrogen (secondary N) is 2. The van der Waals surface area contributed by atoms with E-state index in [0.717, 1.165) is 30.7 Å². The van der Waals surface area contributed by atoms with Gasteiger partial charge >= 0.3 is 0 Å². The molecule has 4 rings (SSSR count). The minimum absolute atomic E-state index is 0.116. The van der Waals surface area contributed by atoms with Crippen molar-refractivity contribution in [1.29, 1.82) is 0 Å². The van der Waals surface area contributed by atoms with Gasteiger partial charge in [0.05, 0.1) is 0 Å². The molecule has 26 heavy (non-hydrogen) atoms. The van der Waals surface area contributed by atoms with Crippen LogP contribution in [-0.4, -0.2) is 57.1 Å². The lowest BCUT2D eigenvalue weighted by atomic mass is 10.1. The summed E-state index contributed by atoms with van der Waals surface area (Å²) in [5, 5.41) is 7.17. The number of rotatable bonds is 6. The predicted octanol–water partition coefficient (Wildman–Crippen LogP) is 2.77. The Bertz CT molecular complexity index is 883. The minimum Gasteiger partial charge on any atom is -0.359 e. The van der Waals surface area contributed by atoms with Crippen molar-refractivity contribution >= 4 is 16.8 Å². The molecule has 1 saturated heterocycles. The summed E-state index contributed by atoms with van der Waals surface area (Å²) in [6.07, 6.45) is 5.35. The largest absolute Gasteiger partial charge is 0.359 e. The number of aromatic amines is 2. The van der Waals surface area contributed by atoms with Crippen molar-refractivity contribution in [2.45, 2.75) is 19.4 Å². The Morgan fingerprint density at radius 2 is 2.12 bits per heavy atom. The normalized spacial score (nSPS) is 15.0. The average Bonchev–Trinajstić information content (AvgIpc) is 3.40. The molecule has 1 aliphatic rings. The van der Waals surface area contributed by atoms with E-state index in [1.54, 1.807) is 17.2 Å². The maximum Gasteiger partial charge on any atom is 0.272 e. The van der Waals surface area contributed by atoms with Gasteiger partial charge in [0.15, 0.2) is 0 Å². The maximum atomic E-state index is 14.2. The van der Waals surface area contributed by atoms with Gasteiger partial charge in [0.1, 0.15) is 11.5 Å². The average molecular weight is 355 g/mol. The van der Waals surface area contributed by atoms with E-state index in [9.17, 15) is 9.18 Å². The molecule has 2 aromatic heterocycles. The van der Waals surface area contributed by atoms with Crippen molar-refractivity contribution in [3.05, 3.63) is 53.7 Å². The SMILES string of the molecule is O=C(c1ccn[nH]1)N(CCN1CCCC1)Cc1cccc2[nH]cc(F)c12. The van der Waals surface area contributed by atoms with Crippen LogP contribution in [0.5, 0.6) is 0 Å². The second-order valence-corrected chi connectivity index (χ2v) is 6.72. The number of likely N-dealkylation sites (tertiary alicyclic amines) is 1. The van der Waals surface area contributed by atoms with Crippen LogP contribution >= 0.6 is 0 Å². The summed E-state index contributed by atoms with van der Waals surface area (Å²) in [6.45, 7) is 3.94. The van der Waals surface area contributed by atoms with E-state index in [1.807, 2.05) is 18.2 Å². The third-order valence-corrected chi connectivity index (χ3v) is 5.01. The summed E-state index contributed by atoms with van der Waals surface area (Å²) >= 11 is 0. The van der Waals surface area contributed by atoms with Crippen LogP contribution in [0.1, 0.15) is 28.9 Å². The fourth-order valence-electron chi connectivity index (χ4n) is 3.62. The predicted molar refractivity (Wildman–Crippen MR) is 97.3 cm³/mol. The molecule has 7 heteroatoms. The number of hydrogen-bond acceptors (Lipinski definition) is 3. The zero-order valence-corrected chi connectivity index (χ0v) is 14.5. The number of carbonyl (C=O) groups excluding carboxylic acids is 1. The number of aromatic nitrogens is 3. The Kier molecular flexibility index (Phi) is 4.71. The van der Waals surface area contributed by atoms with Crippen LogP contribution in [-0.2, 0) is 6.54 Å². The summed E-state index contributed by atoms with van der Waals surface area (Å²) in [6, 6.07) is 7.27. The topological polar surface area (TPSA) is 68.0 Å². The number of H-pyrrole nitrogens is 2. The molecule has 1 amide bonds. The van der Waals surface area contributed by atoms with Crippen LogP contribution in [0.25, 0.3) is 10.9 Å². The van der Waals surface area contributed by atoms with E-state index < -0.39 is 0 Å². The van der Waals surface area contributed by atoms with E-state index >= 15 is 0 Å². The van der Waals surface area contributed by atoms with Gasteiger partial charge in [-0.25, -0.2) is 4.39 Å². The first-order chi connectivity index (χ1) is 12.7. The third kappa shape index (κ3) is 3.35. The lowest BCUT2D eigenvalue weighted by Gasteiger charge is -2.25. The number of amides is 1. The lowest BCUT2D eigenvalue weighted by molar-refractivity contribution is 0.0721. The van der Waals surface area contributed by atoms with E-state index in [4.69, 9.17) is 0 Å². The van der Waals surface area contributed by atoms with Crippen LogP contribution in [0.4, 0.5) is 4.39 Å². The number of benzene rings is 1. The molecule has 1 aromatic carbocycles. The van der Waals surface area contributed by atoms with Crippen LogP contribution in [0.3, 0.4) is 0 Å². The molecule has 0 atom stereocenters. The fraction of sp³-hybridized carbons (Fsp3) is 0.368. The number of carbonyl (C=O) groups is 1. The molecule has 1 fully saturated rings. The first-order valence-electron chi connectivity index (χ1n) is 8.98. The van der Waals surface area contributed by atoms with Crippen molar-refractivity contribution < 1.29 is 9.18 Å². The Balaban J connectivity index is 1.58. The van der Waals surface area contributed by atoms with Gasteiger partial charge < -0.3 is 14.8 Å². The second-order valence-electron chi connectivity index (χ2n) is 6.72. The van der Waals surface area contributed by atoms with Crippen LogP contribution in [0.2, 0.25) is 0 Å². The monoisotopic (exact) mass is 355 g/mol. The van der Waals surface area contributed by atoms with Gasteiger partial charge in [0.25, 0.3) is 5.91 Å². The molecule has 1 aliphatic heterocycles. The Labute approximate surface area is 151 Å². The number of hydrogen-bond donors (Lipinski definition) is 2. The molecule has 136 valence electrons. The molecule has 0 unspecified atom stereocenters. The zero-order valence-electron chi connectivity index (χ0n) is 14.5. The summed E-state index contributed by atoms with van der Waals surface area (Å²) in [5.41, 5.74) is 2.00. The second kappa shape index (κ2) is 7.29. The van der Waals surface area contributed by atoms with Crippen LogP contribution in [0.15, 0.2) is 36.7 Å². The van der Waals surface area contributed by atoms with Crippen LogP contribution < -0.4 is 0 Å². The van der Waals surface area contributed by atoms with Gasteiger partial charge in [0, 0.05) is 42.9 Å². The summed E-state index contributed by atoms with van der Waals surface area (Å²) in [7, 11) is 0.